The molecule has 0 unspecified atom stereocenters. The summed E-state index contributed by atoms with van der Waals surface area (Å²) in [6.45, 7) is 0.261. The van der Waals surface area contributed by atoms with Crippen molar-refractivity contribution in [2.45, 2.75) is 6.61 Å². The lowest BCUT2D eigenvalue weighted by molar-refractivity contribution is -0.113. The van der Waals surface area contributed by atoms with E-state index in [4.69, 9.17) is 14.8 Å². The molecule has 0 saturated carbocycles. The van der Waals surface area contributed by atoms with Gasteiger partial charge in [-0.05, 0) is 109 Å². The Morgan fingerprint density at radius 3 is 2.15 bits per heavy atom. The van der Waals surface area contributed by atoms with E-state index in [1.54, 1.807) is 29.2 Å². The molecule has 9 heteroatoms. The summed E-state index contributed by atoms with van der Waals surface area (Å²) in [6.07, 6.45) is 1.83. The van der Waals surface area contributed by atoms with Gasteiger partial charge in [0, 0.05) is 0 Å². The number of ether oxygens (including phenoxy) is 1. The molecular formula is C30H20Br2N2O4S. The predicted octanol–water partition coefficient (Wildman–Crippen LogP) is 8.30. The average molecular weight is 664 g/mol. The van der Waals surface area contributed by atoms with Crippen LogP contribution in [0.15, 0.2) is 116 Å². The fourth-order valence-electron chi connectivity index (χ4n) is 3.82. The summed E-state index contributed by atoms with van der Waals surface area (Å²) in [5, 5.41) is 9.65. The fourth-order valence-corrected chi connectivity index (χ4v) is 6.27. The third kappa shape index (κ3) is 6.33. The highest BCUT2D eigenvalue weighted by molar-refractivity contribution is 9.11. The molecular weight excluding hydrogens is 644 g/mol. The van der Waals surface area contributed by atoms with Crippen molar-refractivity contribution in [3.8, 4) is 5.75 Å². The van der Waals surface area contributed by atoms with Gasteiger partial charge in [-0.3, -0.25) is 9.69 Å². The van der Waals surface area contributed by atoms with Gasteiger partial charge in [0.15, 0.2) is 5.17 Å². The topological polar surface area (TPSA) is 79.2 Å². The van der Waals surface area contributed by atoms with E-state index in [1.165, 1.54) is 11.8 Å². The number of carboxylic acids is 1. The number of benzene rings is 4. The molecule has 0 spiro atoms. The second-order valence-electron chi connectivity index (χ2n) is 8.42. The number of rotatable bonds is 7. The second-order valence-corrected chi connectivity index (χ2v) is 11.1. The zero-order chi connectivity index (χ0) is 27.4. The van der Waals surface area contributed by atoms with Crippen LogP contribution in [0.4, 0.5) is 11.4 Å². The van der Waals surface area contributed by atoms with Gasteiger partial charge in [0.1, 0.15) is 12.4 Å². The average Bonchev–Trinajstić information content (AvgIpc) is 3.23. The first-order valence-corrected chi connectivity index (χ1v) is 14.2. The second kappa shape index (κ2) is 12.0. The van der Waals surface area contributed by atoms with Crippen molar-refractivity contribution in [1.82, 2.24) is 0 Å². The summed E-state index contributed by atoms with van der Waals surface area (Å²) in [4.78, 5) is 31.5. The van der Waals surface area contributed by atoms with Crippen LogP contribution in [0.1, 0.15) is 21.5 Å². The first kappa shape index (κ1) is 26.9. The maximum absolute atomic E-state index is 13.5. The molecule has 194 valence electrons. The smallest absolute Gasteiger partial charge is 0.335 e. The SMILES string of the molecule is O=C(O)c1ccc(COc2c(Br)cc(/C=C3/SC(=Nc4ccccc4)N(c4ccccc4)C3=O)cc2Br)cc1. The van der Waals surface area contributed by atoms with Crippen LogP contribution in [0.3, 0.4) is 0 Å². The quantitative estimate of drug-likeness (QED) is 0.201. The molecule has 1 N–H and O–H groups in total. The van der Waals surface area contributed by atoms with Gasteiger partial charge in [0.25, 0.3) is 5.91 Å². The molecule has 0 aromatic heterocycles. The molecule has 0 radical (unpaired) electrons. The van der Waals surface area contributed by atoms with Crippen LogP contribution >= 0.6 is 43.6 Å². The van der Waals surface area contributed by atoms with E-state index in [0.29, 0.717) is 24.8 Å². The van der Waals surface area contributed by atoms with E-state index in [0.717, 1.165) is 22.5 Å². The molecule has 1 aliphatic heterocycles. The van der Waals surface area contributed by atoms with Crippen molar-refractivity contribution in [2.75, 3.05) is 4.90 Å². The van der Waals surface area contributed by atoms with Crippen molar-refractivity contribution >= 4 is 78.1 Å². The predicted molar refractivity (Wildman–Crippen MR) is 163 cm³/mol. The minimum absolute atomic E-state index is 0.154. The van der Waals surface area contributed by atoms with Crippen LogP contribution in [0, 0.1) is 0 Å². The van der Waals surface area contributed by atoms with Crippen molar-refractivity contribution < 1.29 is 19.4 Å². The molecule has 0 atom stereocenters. The van der Waals surface area contributed by atoms with Crippen LogP contribution in [-0.4, -0.2) is 22.2 Å². The third-order valence-electron chi connectivity index (χ3n) is 5.70. The van der Waals surface area contributed by atoms with E-state index in [1.807, 2.05) is 78.9 Å². The molecule has 6 nitrogen and oxygen atoms in total. The fraction of sp³-hybridized carbons (Fsp3) is 0.0333. The van der Waals surface area contributed by atoms with Crippen LogP contribution < -0.4 is 9.64 Å². The maximum atomic E-state index is 13.5. The Hall–Kier alpha value is -3.66. The molecule has 0 bridgehead atoms. The minimum Gasteiger partial charge on any atom is -0.487 e. The van der Waals surface area contributed by atoms with Gasteiger partial charge in [-0.1, -0.05) is 48.5 Å². The number of nitrogens with zero attached hydrogens (tertiary/aromatic N) is 2. The van der Waals surface area contributed by atoms with E-state index < -0.39 is 5.97 Å². The Bertz CT molecular complexity index is 1570. The van der Waals surface area contributed by atoms with Crippen molar-refractivity contribution in [3.05, 3.63) is 128 Å². The van der Waals surface area contributed by atoms with Crippen LogP contribution in [0.5, 0.6) is 5.75 Å². The first-order valence-electron chi connectivity index (χ1n) is 11.8. The Kier molecular flexibility index (Phi) is 8.30. The molecule has 4 aromatic rings. The molecule has 4 aromatic carbocycles. The van der Waals surface area contributed by atoms with E-state index in [9.17, 15) is 9.59 Å². The van der Waals surface area contributed by atoms with Gasteiger partial charge >= 0.3 is 5.97 Å². The Balaban J connectivity index is 1.40. The summed E-state index contributed by atoms with van der Waals surface area (Å²) in [5.74, 6) is -0.526. The third-order valence-corrected chi connectivity index (χ3v) is 7.85. The molecule has 5 rings (SSSR count). The van der Waals surface area contributed by atoms with Gasteiger partial charge in [-0.2, -0.15) is 0 Å². The minimum atomic E-state index is -0.970. The number of hydrogen-bond donors (Lipinski definition) is 1. The molecule has 39 heavy (non-hydrogen) atoms. The van der Waals surface area contributed by atoms with Gasteiger partial charge in [0.05, 0.1) is 30.8 Å². The summed E-state index contributed by atoms with van der Waals surface area (Å²) in [7, 11) is 0. The van der Waals surface area contributed by atoms with Gasteiger partial charge in [-0.25, -0.2) is 9.79 Å². The Labute approximate surface area is 246 Å². The molecule has 1 fully saturated rings. The Morgan fingerprint density at radius 2 is 1.54 bits per heavy atom. The number of amides is 1. The van der Waals surface area contributed by atoms with Gasteiger partial charge in [0.2, 0.25) is 0 Å². The number of aliphatic imine (C=N–C) groups is 1. The highest BCUT2D eigenvalue weighted by Gasteiger charge is 2.34. The number of para-hydroxylation sites is 2. The molecule has 1 heterocycles. The first-order chi connectivity index (χ1) is 18.9. The molecule has 0 aliphatic carbocycles. The molecule has 1 amide bonds. The number of amidine groups is 1. The molecule has 1 aliphatic rings. The van der Waals surface area contributed by atoms with Crippen molar-refractivity contribution in [1.29, 1.82) is 0 Å². The summed E-state index contributed by atoms with van der Waals surface area (Å²) in [5.41, 5.74) is 3.37. The number of carboxylic acid groups (broad SMARTS) is 1. The van der Waals surface area contributed by atoms with Crippen LogP contribution in [0.25, 0.3) is 6.08 Å². The van der Waals surface area contributed by atoms with Gasteiger partial charge in [-0.15, -0.1) is 0 Å². The maximum Gasteiger partial charge on any atom is 0.335 e. The summed E-state index contributed by atoms with van der Waals surface area (Å²) < 4.78 is 7.41. The number of anilines is 1. The highest BCUT2D eigenvalue weighted by Crippen LogP contribution is 2.40. The normalized spacial score (nSPS) is 15.2. The number of halogens is 2. The lowest BCUT2D eigenvalue weighted by Crippen LogP contribution is -2.28. The van der Waals surface area contributed by atoms with Crippen LogP contribution in [-0.2, 0) is 11.4 Å². The highest BCUT2D eigenvalue weighted by atomic mass is 79.9. The largest absolute Gasteiger partial charge is 0.487 e. The lowest BCUT2D eigenvalue weighted by Gasteiger charge is -2.15. The number of hydrogen-bond acceptors (Lipinski definition) is 5. The summed E-state index contributed by atoms with van der Waals surface area (Å²) in [6, 6.07) is 29.3. The lowest BCUT2D eigenvalue weighted by atomic mass is 10.1. The number of thioether (sulfide) groups is 1. The zero-order valence-corrected chi connectivity index (χ0v) is 24.2. The number of carbonyl (C=O) groups excluding carboxylic acids is 1. The Morgan fingerprint density at radius 1 is 0.923 bits per heavy atom. The summed E-state index contributed by atoms with van der Waals surface area (Å²) >= 11 is 8.49. The zero-order valence-electron chi connectivity index (χ0n) is 20.3. The van der Waals surface area contributed by atoms with Crippen molar-refractivity contribution in [3.63, 3.8) is 0 Å². The number of carbonyl (C=O) groups is 2. The van der Waals surface area contributed by atoms with Crippen LogP contribution in [0.2, 0.25) is 0 Å². The van der Waals surface area contributed by atoms with Gasteiger partial charge < -0.3 is 9.84 Å². The molecule has 1 saturated heterocycles. The number of aromatic carboxylic acids is 1. The van der Waals surface area contributed by atoms with E-state index >= 15 is 0 Å². The van der Waals surface area contributed by atoms with Crippen molar-refractivity contribution in [2.24, 2.45) is 4.99 Å². The standard InChI is InChI=1S/C30H20Br2N2O4S/c31-24-15-20(16-25(32)27(24)38-18-19-11-13-21(14-12-19)29(36)37)17-26-28(35)34(23-9-5-2-6-10-23)30(39-26)33-22-7-3-1-4-8-22/h1-17H,18H2,(H,36,37)/b26-17+,33-30?. The monoisotopic (exact) mass is 662 g/mol. The van der Waals surface area contributed by atoms with E-state index in [2.05, 4.69) is 31.9 Å². The van der Waals surface area contributed by atoms with E-state index in [-0.39, 0.29) is 18.1 Å².